The topological polar surface area (TPSA) is 38.0 Å². The fourth-order valence-electron chi connectivity index (χ4n) is 2.04. The van der Waals surface area contributed by atoms with Crippen LogP contribution < -0.4 is 11.3 Å². The molecule has 2 rings (SSSR count). The van der Waals surface area contributed by atoms with E-state index in [1.807, 2.05) is 25.1 Å². The summed E-state index contributed by atoms with van der Waals surface area (Å²) in [5.41, 5.74) is 5.60. The largest absolute Gasteiger partial charge is 0.271 e. The first-order valence-electron chi connectivity index (χ1n) is 6.07. The lowest BCUT2D eigenvalue weighted by Gasteiger charge is -2.17. The molecule has 1 atom stereocenters. The van der Waals surface area contributed by atoms with Crippen LogP contribution in [0, 0.1) is 12.7 Å². The highest BCUT2D eigenvalue weighted by Gasteiger charge is 2.13. The number of hydrogen-bond acceptors (Lipinski definition) is 2. The van der Waals surface area contributed by atoms with E-state index in [2.05, 4.69) is 27.4 Å². The molecule has 0 spiro atoms. The first-order chi connectivity index (χ1) is 9.11. The van der Waals surface area contributed by atoms with E-state index in [9.17, 15) is 4.39 Å². The minimum absolute atomic E-state index is 0.108. The molecule has 4 heteroatoms. The van der Waals surface area contributed by atoms with E-state index in [4.69, 9.17) is 5.84 Å². The van der Waals surface area contributed by atoms with E-state index in [0.29, 0.717) is 12.0 Å². The van der Waals surface area contributed by atoms with E-state index < -0.39 is 0 Å². The van der Waals surface area contributed by atoms with Crippen LogP contribution in [0.25, 0.3) is 0 Å². The van der Waals surface area contributed by atoms with E-state index >= 15 is 0 Å². The number of benzene rings is 2. The summed E-state index contributed by atoms with van der Waals surface area (Å²) in [6.45, 7) is 2.02. The van der Waals surface area contributed by atoms with Gasteiger partial charge in [-0.1, -0.05) is 46.3 Å². The zero-order valence-corrected chi connectivity index (χ0v) is 12.2. The van der Waals surface area contributed by atoms with Gasteiger partial charge in [0.2, 0.25) is 0 Å². The van der Waals surface area contributed by atoms with Crippen LogP contribution in [0.2, 0.25) is 0 Å². The Morgan fingerprint density at radius 2 is 2.00 bits per heavy atom. The van der Waals surface area contributed by atoms with Crippen molar-refractivity contribution in [2.24, 2.45) is 5.84 Å². The van der Waals surface area contributed by atoms with Crippen LogP contribution in [0.3, 0.4) is 0 Å². The first-order valence-corrected chi connectivity index (χ1v) is 6.86. The molecule has 0 fully saturated rings. The molecule has 0 bridgehead atoms. The van der Waals surface area contributed by atoms with Crippen molar-refractivity contribution in [2.45, 2.75) is 19.4 Å². The summed E-state index contributed by atoms with van der Waals surface area (Å²) < 4.78 is 14.7. The molecule has 0 radical (unpaired) electrons. The average Bonchev–Trinajstić information content (AvgIpc) is 2.41. The molecule has 0 saturated carbocycles. The number of hydrazine groups is 1. The van der Waals surface area contributed by atoms with Gasteiger partial charge >= 0.3 is 0 Å². The summed E-state index contributed by atoms with van der Waals surface area (Å²) in [6, 6.07) is 12.7. The van der Waals surface area contributed by atoms with Crippen LogP contribution in [0.15, 0.2) is 46.9 Å². The highest BCUT2D eigenvalue weighted by atomic mass is 79.9. The minimum atomic E-state index is -0.198. The summed E-state index contributed by atoms with van der Waals surface area (Å²) >= 11 is 3.47. The summed E-state index contributed by atoms with van der Waals surface area (Å²) in [4.78, 5) is 0. The van der Waals surface area contributed by atoms with Crippen molar-refractivity contribution in [3.8, 4) is 0 Å². The Morgan fingerprint density at radius 3 is 2.63 bits per heavy atom. The second kappa shape index (κ2) is 6.28. The maximum atomic E-state index is 13.7. The second-order valence-electron chi connectivity index (χ2n) is 4.52. The molecule has 3 N–H and O–H groups in total. The molecular formula is C15H16BrFN2. The van der Waals surface area contributed by atoms with Crippen molar-refractivity contribution in [3.63, 3.8) is 0 Å². The van der Waals surface area contributed by atoms with Crippen LogP contribution in [-0.2, 0) is 6.42 Å². The van der Waals surface area contributed by atoms with Gasteiger partial charge in [0.15, 0.2) is 0 Å². The maximum Gasteiger partial charge on any atom is 0.126 e. The minimum Gasteiger partial charge on any atom is -0.271 e. The predicted molar refractivity (Wildman–Crippen MR) is 79.0 cm³/mol. The standard InChI is InChI=1S/C15H16BrFN2/c1-10-8-12(6-7-13(10)16)15(19-18)9-11-4-2-3-5-14(11)17/h2-8,15,19H,9,18H2,1H3. The average molecular weight is 323 g/mol. The molecule has 0 amide bonds. The molecule has 2 nitrogen and oxygen atoms in total. The Labute approximate surface area is 120 Å². The molecule has 0 aliphatic carbocycles. The zero-order chi connectivity index (χ0) is 13.8. The Morgan fingerprint density at radius 1 is 1.26 bits per heavy atom. The normalized spacial score (nSPS) is 12.4. The highest BCUT2D eigenvalue weighted by Crippen LogP contribution is 2.24. The number of hydrogen-bond donors (Lipinski definition) is 2. The molecular weight excluding hydrogens is 307 g/mol. The number of aryl methyl sites for hydroxylation is 1. The number of nitrogens with two attached hydrogens (primary N) is 1. The third kappa shape index (κ3) is 3.41. The Balaban J connectivity index is 2.25. The van der Waals surface area contributed by atoms with Gasteiger partial charge < -0.3 is 0 Å². The summed E-state index contributed by atoms with van der Waals surface area (Å²) in [7, 11) is 0. The quantitative estimate of drug-likeness (QED) is 0.666. The van der Waals surface area contributed by atoms with E-state index in [0.717, 1.165) is 15.6 Å². The van der Waals surface area contributed by atoms with Gasteiger partial charge in [-0.15, -0.1) is 0 Å². The van der Waals surface area contributed by atoms with Crippen molar-refractivity contribution < 1.29 is 4.39 Å². The fraction of sp³-hybridized carbons (Fsp3) is 0.200. The van der Waals surface area contributed by atoms with Crippen LogP contribution in [-0.4, -0.2) is 0 Å². The van der Waals surface area contributed by atoms with Crippen molar-refractivity contribution in [3.05, 3.63) is 69.4 Å². The van der Waals surface area contributed by atoms with Crippen molar-refractivity contribution in [2.75, 3.05) is 0 Å². The summed E-state index contributed by atoms with van der Waals surface area (Å²) in [5, 5.41) is 0. The van der Waals surface area contributed by atoms with Crippen molar-refractivity contribution >= 4 is 15.9 Å². The lowest BCUT2D eigenvalue weighted by atomic mass is 9.98. The van der Waals surface area contributed by atoms with E-state index in [1.54, 1.807) is 12.1 Å². The van der Waals surface area contributed by atoms with Crippen LogP contribution in [0.5, 0.6) is 0 Å². The third-order valence-corrected chi connectivity index (χ3v) is 4.06. The SMILES string of the molecule is Cc1cc(C(Cc2ccccc2F)NN)ccc1Br. The van der Waals surface area contributed by atoms with Gasteiger partial charge in [0.1, 0.15) is 5.82 Å². The van der Waals surface area contributed by atoms with Gasteiger partial charge in [-0.25, -0.2) is 4.39 Å². The van der Waals surface area contributed by atoms with Crippen LogP contribution in [0.1, 0.15) is 22.7 Å². The van der Waals surface area contributed by atoms with Crippen LogP contribution in [0.4, 0.5) is 4.39 Å². The molecule has 2 aromatic rings. The Kier molecular flexibility index (Phi) is 4.69. The number of halogens is 2. The smallest absolute Gasteiger partial charge is 0.126 e. The molecule has 0 aromatic heterocycles. The second-order valence-corrected chi connectivity index (χ2v) is 5.38. The lowest BCUT2D eigenvalue weighted by Crippen LogP contribution is -2.29. The molecule has 1 unspecified atom stereocenters. The lowest BCUT2D eigenvalue weighted by molar-refractivity contribution is 0.529. The molecule has 19 heavy (non-hydrogen) atoms. The molecule has 100 valence electrons. The molecule has 0 aliphatic rings. The number of rotatable bonds is 4. The Hall–Kier alpha value is -1.23. The van der Waals surface area contributed by atoms with Crippen LogP contribution >= 0.6 is 15.9 Å². The first kappa shape index (κ1) is 14.2. The van der Waals surface area contributed by atoms with Gasteiger partial charge in [-0.2, -0.15) is 0 Å². The fourth-order valence-corrected chi connectivity index (χ4v) is 2.29. The van der Waals surface area contributed by atoms with E-state index in [-0.39, 0.29) is 11.9 Å². The molecule has 0 aliphatic heterocycles. The maximum absolute atomic E-state index is 13.7. The summed E-state index contributed by atoms with van der Waals surface area (Å²) in [6.07, 6.45) is 0.518. The summed E-state index contributed by atoms with van der Waals surface area (Å²) in [5.74, 6) is 5.41. The highest BCUT2D eigenvalue weighted by molar-refractivity contribution is 9.10. The predicted octanol–water partition coefficient (Wildman–Crippen LogP) is 3.64. The van der Waals surface area contributed by atoms with Crippen molar-refractivity contribution in [1.82, 2.24) is 5.43 Å². The zero-order valence-electron chi connectivity index (χ0n) is 10.7. The molecule has 0 heterocycles. The van der Waals surface area contributed by atoms with Gasteiger partial charge in [0.25, 0.3) is 0 Å². The van der Waals surface area contributed by atoms with Crippen molar-refractivity contribution in [1.29, 1.82) is 0 Å². The van der Waals surface area contributed by atoms with Gasteiger partial charge in [0.05, 0.1) is 6.04 Å². The number of nitrogens with one attached hydrogen (secondary N) is 1. The molecule has 0 saturated heterocycles. The van der Waals surface area contributed by atoms with Gasteiger partial charge in [0, 0.05) is 4.47 Å². The Bertz CT molecular complexity index is 572. The molecule has 2 aromatic carbocycles. The van der Waals surface area contributed by atoms with Gasteiger partial charge in [-0.3, -0.25) is 11.3 Å². The van der Waals surface area contributed by atoms with Gasteiger partial charge in [-0.05, 0) is 42.2 Å². The third-order valence-electron chi connectivity index (χ3n) is 3.17. The van der Waals surface area contributed by atoms with E-state index in [1.165, 1.54) is 6.07 Å². The monoisotopic (exact) mass is 322 g/mol.